The normalized spacial score (nSPS) is 17.2. The van der Waals surface area contributed by atoms with Gasteiger partial charge in [0, 0.05) is 18.9 Å². The fourth-order valence-corrected chi connectivity index (χ4v) is 1.97. The van der Waals surface area contributed by atoms with Crippen molar-refractivity contribution >= 4 is 0 Å². The van der Waals surface area contributed by atoms with E-state index in [1.54, 1.807) is 0 Å². The van der Waals surface area contributed by atoms with Crippen molar-refractivity contribution in [2.75, 3.05) is 13.2 Å². The zero-order valence-corrected chi connectivity index (χ0v) is 10.2. The Hall–Kier alpha value is -0.920. The van der Waals surface area contributed by atoms with Gasteiger partial charge in [0.05, 0.1) is 6.67 Å². The summed E-state index contributed by atoms with van der Waals surface area (Å²) in [5, 5.41) is 0. The lowest BCUT2D eigenvalue weighted by Gasteiger charge is -2.24. The minimum Gasteiger partial charge on any atom is -0.358 e. The predicted molar refractivity (Wildman–Crippen MR) is 66.1 cm³/mol. The van der Waals surface area contributed by atoms with Gasteiger partial charge in [0.1, 0.15) is 0 Å². The molecule has 0 aromatic carbocycles. The molecule has 86 valence electrons. The van der Waals surface area contributed by atoms with E-state index in [9.17, 15) is 0 Å². The van der Waals surface area contributed by atoms with Crippen molar-refractivity contribution in [1.82, 2.24) is 9.80 Å². The Morgan fingerprint density at radius 2 is 2.20 bits per heavy atom. The molecule has 0 N–H and O–H groups in total. The molecule has 1 rings (SSSR count). The zero-order chi connectivity index (χ0) is 11.1. The van der Waals surface area contributed by atoms with E-state index in [4.69, 9.17) is 0 Å². The fraction of sp³-hybridized carbons (Fsp3) is 0.692. The second-order valence-electron chi connectivity index (χ2n) is 4.32. The van der Waals surface area contributed by atoms with Gasteiger partial charge in [-0.1, -0.05) is 39.7 Å². The van der Waals surface area contributed by atoms with Crippen LogP contribution in [0.1, 0.15) is 39.5 Å². The summed E-state index contributed by atoms with van der Waals surface area (Å²) in [6, 6.07) is 0. The average Bonchev–Trinajstić information content (AvgIpc) is 2.71. The molecule has 0 bridgehead atoms. The molecule has 0 spiro atoms. The molecule has 2 heteroatoms. The van der Waals surface area contributed by atoms with E-state index in [1.807, 2.05) is 6.20 Å². The molecule has 2 nitrogen and oxygen atoms in total. The first kappa shape index (κ1) is 12.2. The summed E-state index contributed by atoms with van der Waals surface area (Å²) in [5.74, 6) is 0.847. The lowest BCUT2D eigenvalue weighted by Crippen LogP contribution is -2.27. The SMILES string of the molecule is C=CN1C=CN(CC(CC)CCCC)C1. The van der Waals surface area contributed by atoms with Crippen molar-refractivity contribution < 1.29 is 0 Å². The number of hydrogen-bond donors (Lipinski definition) is 0. The molecule has 0 saturated carbocycles. The number of hydrogen-bond acceptors (Lipinski definition) is 2. The first-order valence-electron chi connectivity index (χ1n) is 6.10. The second kappa shape index (κ2) is 6.54. The van der Waals surface area contributed by atoms with Crippen LogP contribution in [0.2, 0.25) is 0 Å². The van der Waals surface area contributed by atoms with Crippen molar-refractivity contribution in [1.29, 1.82) is 0 Å². The maximum atomic E-state index is 3.77. The van der Waals surface area contributed by atoms with Crippen LogP contribution in [0.3, 0.4) is 0 Å². The van der Waals surface area contributed by atoms with E-state index in [0.717, 1.165) is 12.6 Å². The summed E-state index contributed by atoms with van der Waals surface area (Å²) in [6.45, 7) is 10.5. The monoisotopic (exact) mass is 208 g/mol. The van der Waals surface area contributed by atoms with Crippen LogP contribution in [-0.2, 0) is 0 Å². The third kappa shape index (κ3) is 3.98. The number of nitrogens with zero attached hydrogens (tertiary/aromatic N) is 2. The van der Waals surface area contributed by atoms with Gasteiger partial charge in [-0.15, -0.1) is 0 Å². The highest BCUT2D eigenvalue weighted by molar-refractivity contribution is 4.95. The second-order valence-corrected chi connectivity index (χ2v) is 4.32. The summed E-state index contributed by atoms with van der Waals surface area (Å²) in [4.78, 5) is 4.50. The van der Waals surface area contributed by atoms with E-state index < -0.39 is 0 Å². The van der Waals surface area contributed by atoms with Gasteiger partial charge in [0.2, 0.25) is 0 Å². The number of rotatable bonds is 7. The third-order valence-electron chi connectivity index (χ3n) is 3.08. The maximum Gasteiger partial charge on any atom is 0.0935 e. The van der Waals surface area contributed by atoms with Gasteiger partial charge in [0.15, 0.2) is 0 Å². The van der Waals surface area contributed by atoms with Crippen molar-refractivity contribution in [3.05, 3.63) is 25.2 Å². The van der Waals surface area contributed by atoms with Gasteiger partial charge < -0.3 is 9.80 Å². The highest BCUT2D eigenvalue weighted by atomic mass is 15.3. The highest BCUT2D eigenvalue weighted by Gasteiger charge is 2.14. The van der Waals surface area contributed by atoms with E-state index in [-0.39, 0.29) is 0 Å². The Balaban J connectivity index is 2.27. The standard InChI is InChI=1S/C13H24N2/c1-4-7-8-13(5-2)11-15-10-9-14(6-3)12-15/h6,9-10,13H,3-5,7-8,11-12H2,1-2H3. The average molecular weight is 208 g/mol. The topological polar surface area (TPSA) is 6.48 Å². The zero-order valence-electron chi connectivity index (χ0n) is 10.2. The van der Waals surface area contributed by atoms with Gasteiger partial charge in [-0.05, 0) is 18.5 Å². The molecule has 0 aromatic rings. The lowest BCUT2D eigenvalue weighted by molar-refractivity contribution is 0.256. The van der Waals surface area contributed by atoms with Gasteiger partial charge in [0.25, 0.3) is 0 Å². The van der Waals surface area contributed by atoms with E-state index in [2.05, 4.69) is 42.6 Å². The van der Waals surface area contributed by atoms with Crippen LogP contribution < -0.4 is 0 Å². The first-order valence-corrected chi connectivity index (χ1v) is 6.10. The molecule has 1 atom stereocenters. The van der Waals surface area contributed by atoms with Crippen molar-refractivity contribution in [2.24, 2.45) is 5.92 Å². The summed E-state index contributed by atoms with van der Waals surface area (Å²) in [5.41, 5.74) is 0. The van der Waals surface area contributed by atoms with Crippen molar-refractivity contribution in [3.63, 3.8) is 0 Å². The van der Waals surface area contributed by atoms with E-state index in [1.165, 1.54) is 32.2 Å². The Labute approximate surface area is 94.3 Å². The van der Waals surface area contributed by atoms with Crippen LogP contribution in [0.15, 0.2) is 25.2 Å². The molecule has 0 amide bonds. The maximum absolute atomic E-state index is 3.77. The molecule has 15 heavy (non-hydrogen) atoms. The minimum atomic E-state index is 0.847. The Morgan fingerprint density at radius 1 is 1.40 bits per heavy atom. The van der Waals surface area contributed by atoms with Gasteiger partial charge >= 0.3 is 0 Å². The van der Waals surface area contributed by atoms with Crippen molar-refractivity contribution in [2.45, 2.75) is 39.5 Å². The molecule has 0 saturated heterocycles. The van der Waals surface area contributed by atoms with Gasteiger partial charge in [-0.25, -0.2) is 0 Å². The Bertz CT molecular complexity index is 211. The van der Waals surface area contributed by atoms with Crippen LogP contribution in [0.5, 0.6) is 0 Å². The molecule has 1 heterocycles. The summed E-state index contributed by atoms with van der Waals surface area (Å²) in [6.07, 6.45) is 11.5. The summed E-state index contributed by atoms with van der Waals surface area (Å²) < 4.78 is 0. The molecule has 0 fully saturated rings. The molecule has 0 radical (unpaired) electrons. The molecule has 1 aliphatic heterocycles. The molecular formula is C13H24N2. The molecule has 0 aliphatic carbocycles. The predicted octanol–water partition coefficient (Wildman–Crippen LogP) is 3.39. The van der Waals surface area contributed by atoms with Crippen LogP contribution in [0.25, 0.3) is 0 Å². The minimum absolute atomic E-state index is 0.847. The summed E-state index contributed by atoms with van der Waals surface area (Å²) >= 11 is 0. The summed E-state index contributed by atoms with van der Waals surface area (Å²) in [7, 11) is 0. The highest BCUT2D eigenvalue weighted by Crippen LogP contribution is 2.17. The van der Waals surface area contributed by atoms with E-state index in [0.29, 0.717) is 0 Å². The third-order valence-corrected chi connectivity index (χ3v) is 3.08. The van der Waals surface area contributed by atoms with Crippen LogP contribution in [0, 0.1) is 5.92 Å². The Kier molecular flexibility index (Phi) is 5.30. The largest absolute Gasteiger partial charge is 0.358 e. The first-order chi connectivity index (χ1) is 7.30. The van der Waals surface area contributed by atoms with E-state index >= 15 is 0 Å². The Morgan fingerprint density at radius 3 is 2.73 bits per heavy atom. The van der Waals surface area contributed by atoms with Crippen LogP contribution in [-0.4, -0.2) is 23.0 Å². The van der Waals surface area contributed by atoms with Gasteiger partial charge in [-0.2, -0.15) is 0 Å². The van der Waals surface area contributed by atoms with Crippen LogP contribution in [0.4, 0.5) is 0 Å². The fourth-order valence-electron chi connectivity index (χ4n) is 1.97. The smallest absolute Gasteiger partial charge is 0.0935 e. The molecule has 0 aromatic heterocycles. The molecule has 1 aliphatic rings. The van der Waals surface area contributed by atoms with Crippen molar-refractivity contribution in [3.8, 4) is 0 Å². The lowest BCUT2D eigenvalue weighted by atomic mass is 9.99. The molecular weight excluding hydrogens is 184 g/mol. The van der Waals surface area contributed by atoms with Crippen LogP contribution >= 0.6 is 0 Å². The number of unbranched alkanes of at least 4 members (excludes halogenated alkanes) is 1. The van der Waals surface area contributed by atoms with Gasteiger partial charge in [-0.3, -0.25) is 0 Å². The quantitative estimate of drug-likeness (QED) is 0.633. The molecule has 1 unspecified atom stereocenters.